The molecule has 0 aliphatic carbocycles. The van der Waals surface area contributed by atoms with Crippen molar-refractivity contribution in [1.82, 2.24) is 0 Å². The number of esters is 1. The first kappa shape index (κ1) is 26.9. The van der Waals surface area contributed by atoms with Crippen molar-refractivity contribution in [2.24, 2.45) is 11.8 Å². The standard InChI is InChI=1S/C26H36ClFN2O3/c1-17(2)14-30(15-18(3)4)26-23(28)11-19(20(16-32-5)13-25(31)33-6)12-24(26)29-22-9-7-21(27)8-10-22/h7-12,17-18,20,29H,13-16H2,1-6H3. The molecule has 0 amide bonds. The molecule has 0 saturated heterocycles. The minimum atomic E-state index is -0.366. The highest BCUT2D eigenvalue weighted by Gasteiger charge is 2.24. The van der Waals surface area contributed by atoms with Gasteiger partial charge in [0, 0.05) is 36.8 Å². The van der Waals surface area contributed by atoms with Crippen molar-refractivity contribution in [1.29, 1.82) is 0 Å². The van der Waals surface area contributed by atoms with E-state index in [2.05, 4.69) is 37.9 Å². The molecule has 0 bridgehead atoms. The summed E-state index contributed by atoms with van der Waals surface area (Å²) in [5.74, 6) is -0.329. The highest BCUT2D eigenvalue weighted by atomic mass is 35.5. The molecule has 1 atom stereocenters. The van der Waals surface area contributed by atoms with Crippen molar-refractivity contribution in [2.75, 3.05) is 44.1 Å². The Bertz CT molecular complexity index is 893. The fraction of sp³-hybridized carbons (Fsp3) is 0.500. The highest BCUT2D eigenvalue weighted by molar-refractivity contribution is 6.30. The van der Waals surface area contributed by atoms with Crippen molar-refractivity contribution in [3.8, 4) is 0 Å². The summed E-state index contributed by atoms with van der Waals surface area (Å²) in [6.45, 7) is 10.2. The number of methoxy groups -OCH3 is 2. The summed E-state index contributed by atoms with van der Waals surface area (Å²) < 4.78 is 26.0. The Kier molecular flexibility index (Phi) is 10.5. The number of halogens is 2. The van der Waals surface area contributed by atoms with Gasteiger partial charge in [0.25, 0.3) is 0 Å². The number of anilines is 3. The molecule has 2 rings (SSSR count). The van der Waals surface area contributed by atoms with Crippen LogP contribution >= 0.6 is 11.6 Å². The first-order valence-corrected chi connectivity index (χ1v) is 11.7. The molecule has 33 heavy (non-hydrogen) atoms. The molecule has 0 fully saturated rings. The average Bonchev–Trinajstić information content (AvgIpc) is 2.73. The largest absolute Gasteiger partial charge is 0.469 e. The van der Waals surface area contributed by atoms with Crippen LogP contribution in [0.2, 0.25) is 5.02 Å². The summed E-state index contributed by atoms with van der Waals surface area (Å²) in [6.07, 6.45) is 0.102. The molecule has 0 radical (unpaired) electrons. The van der Waals surface area contributed by atoms with Gasteiger partial charge in [-0.15, -0.1) is 0 Å². The van der Waals surface area contributed by atoms with Crippen LogP contribution in [0.4, 0.5) is 21.5 Å². The second kappa shape index (κ2) is 12.8. The molecule has 0 spiro atoms. The van der Waals surface area contributed by atoms with Crippen molar-refractivity contribution < 1.29 is 18.7 Å². The van der Waals surface area contributed by atoms with Gasteiger partial charge in [-0.3, -0.25) is 4.79 Å². The van der Waals surface area contributed by atoms with E-state index in [4.69, 9.17) is 21.1 Å². The topological polar surface area (TPSA) is 50.8 Å². The van der Waals surface area contributed by atoms with E-state index in [1.165, 1.54) is 13.2 Å². The van der Waals surface area contributed by atoms with Gasteiger partial charge in [-0.1, -0.05) is 39.3 Å². The Labute approximate surface area is 202 Å². The number of rotatable bonds is 12. The smallest absolute Gasteiger partial charge is 0.306 e. The van der Waals surface area contributed by atoms with Gasteiger partial charge in [0.05, 0.1) is 31.5 Å². The van der Waals surface area contributed by atoms with Crippen LogP contribution in [0.5, 0.6) is 0 Å². The molecule has 7 heteroatoms. The Balaban J connectivity index is 2.60. The Morgan fingerprint density at radius 2 is 1.67 bits per heavy atom. The molecule has 2 aromatic carbocycles. The maximum Gasteiger partial charge on any atom is 0.306 e. The van der Waals surface area contributed by atoms with Gasteiger partial charge >= 0.3 is 5.97 Å². The summed E-state index contributed by atoms with van der Waals surface area (Å²) >= 11 is 6.05. The van der Waals surface area contributed by atoms with Crippen LogP contribution in [0.3, 0.4) is 0 Å². The van der Waals surface area contributed by atoms with E-state index in [1.54, 1.807) is 19.2 Å². The van der Waals surface area contributed by atoms with Crippen molar-refractivity contribution in [2.45, 2.75) is 40.0 Å². The van der Waals surface area contributed by atoms with E-state index in [0.717, 1.165) is 5.69 Å². The lowest BCUT2D eigenvalue weighted by atomic mass is 9.94. The van der Waals surface area contributed by atoms with Crippen molar-refractivity contribution in [3.63, 3.8) is 0 Å². The number of hydrogen-bond acceptors (Lipinski definition) is 5. The van der Waals surface area contributed by atoms with Crippen molar-refractivity contribution in [3.05, 3.63) is 52.8 Å². The zero-order chi connectivity index (χ0) is 24.5. The van der Waals surface area contributed by atoms with Gasteiger partial charge in [-0.25, -0.2) is 4.39 Å². The molecule has 0 heterocycles. The molecule has 0 saturated carbocycles. The number of ether oxygens (including phenoxy) is 2. The van der Waals surface area contributed by atoms with Gasteiger partial charge in [0.1, 0.15) is 5.82 Å². The minimum Gasteiger partial charge on any atom is -0.469 e. The number of hydrogen-bond donors (Lipinski definition) is 1. The predicted molar refractivity (Wildman–Crippen MR) is 134 cm³/mol. The Hall–Kier alpha value is -2.31. The van der Waals surface area contributed by atoms with E-state index < -0.39 is 0 Å². The number of carbonyl (C=O) groups excluding carboxylic acids is 1. The molecule has 182 valence electrons. The lowest BCUT2D eigenvalue weighted by molar-refractivity contribution is -0.141. The number of nitrogens with zero attached hydrogens (tertiary/aromatic N) is 1. The molecular formula is C26H36ClFN2O3. The van der Waals surface area contributed by atoms with Crippen LogP contribution < -0.4 is 10.2 Å². The third-order valence-electron chi connectivity index (χ3n) is 5.18. The number of carbonyl (C=O) groups is 1. The zero-order valence-electron chi connectivity index (χ0n) is 20.5. The van der Waals surface area contributed by atoms with E-state index in [9.17, 15) is 4.79 Å². The quantitative estimate of drug-likeness (QED) is 0.347. The monoisotopic (exact) mass is 478 g/mol. The van der Waals surface area contributed by atoms with Crippen LogP contribution in [0.25, 0.3) is 0 Å². The van der Waals surface area contributed by atoms with Gasteiger partial charge < -0.3 is 19.7 Å². The van der Waals surface area contributed by atoms with Gasteiger partial charge in [0.15, 0.2) is 0 Å². The maximum absolute atomic E-state index is 15.8. The molecule has 1 N–H and O–H groups in total. The van der Waals surface area contributed by atoms with Crippen LogP contribution in [0, 0.1) is 17.7 Å². The van der Waals surface area contributed by atoms with Crippen LogP contribution in [-0.2, 0) is 14.3 Å². The fourth-order valence-electron chi connectivity index (χ4n) is 3.86. The lowest BCUT2D eigenvalue weighted by Crippen LogP contribution is -2.32. The van der Waals surface area contributed by atoms with Crippen LogP contribution in [-0.4, -0.2) is 39.9 Å². The first-order valence-electron chi connectivity index (χ1n) is 11.3. The molecule has 0 aromatic heterocycles. The Morgan fingerprint density at radius 1 is 1.06 bits per heavy atom. The van der Waals surface area contributed by atoms with Gasteiger partial charge in [0.2, 0.25) is 0 Å². The SMILES string of the molecule is COCC(CC(=O)OC)c1cc(F)c(N(CC(C)C)CC(C)C)c(Nc2ccc(Cl)cc2)c1. The van der Waals surface area contributed by atoms with E-state index in [-0.39, 0.29) is 30.7 Å². The summed E-state index contributed by atoms with van der Waals surface area (Å²) in [6, 6.07) is 10.7. The summed E-state index contributed by atoms with van der Waals surface area (Å²) in [5.41, 5.74) is 2.63. The van der Waals surface area contributed by atoms with Crippen LogP contribution in [0.15, 0.2) is 36.4 Å². The normalized spacial score (nSPS) is 12.2. The first-order chi connectivity index (χ1) is 15.6. The second-order valence-corrected chi connectivity index (χ2v) is 9.59. The summed E-state index contributed by atoms with van der Waals surface area (Å²) in [5, 5.41) is 4.00. The minimum absolute atomic E-state index is 0.102. The average molecular weight is 479 g/mol. The van der Waals surface area contributed by atoms with E-state index >= 15 is 4.39 Å². The number of nitrogens with one attached hydrogen (secondary N) is 1. The van der Waals surface area contributed by atoms with Gasteiger partial charge in [-0.05, 0) is 53.8 Å². The van der Waals surface area contributed by atoms with Crippen LogP contribution in [0.1, 0.15) is 45.6 Å². The maximum atomic E-state index is 15.8. The highest BCUT2D eigenvalue weighted by Crippen LogP contribution is 2.37. The lowest BCUT2D eigenvalue weighted by Gasteiger charge is -2.32. The predicted octanol–water partition coefficient (Wildman–Crippen LogP) is 6.63. The molecule has 0 aliphatic rings. The fourth-order valence-corrected chi connectivity index (χ4v) is 3.98. The zero-order valence-corrected chi connectivity index (χ0v) is 21.2. The van der Waals surface area contributed by atoms with Crippen molar-refractivity contribution >= 4 is 34.6 Å². The molecular weight excluding hydrogens is 443 g/mol. The third kappa shape index (κ3) is 8.20. The van der Waals surface area contributed by atoms with Gasteiger partial charge in [-0.2, -0.15) is 0 Å². The molecule has 5 nitrogen and oxygen atoms in total. The molecule has 0 aliphatic heterocycles. The van der Waals surface area contributed by atoms with E-state index in [1.807, 2.05) is 18.2 Å². The number of benzene rings is 2. The summed E-state index contributed by atoms with van der Waals surface area (Å²) in [4.78, 5) is 14.1. The Morgan fingerprint density at radius 3 is 2.18 bits per heavy atom. The van der Waals surface area contributed by atoms with E-state index in [0.29, 0.717) is 46.9 Å². The molecule has 1 unspecified atom stereocenters. The summed E-state index contributed by atoms with van der Waals surface area (Å²) in [7, 11) is 2.91. The molecule has 2 aromatic rings. The second-order valence-electron chi connectivity index (χ2n) is 9.16. The third-order valence-corrected chi connectivity index (χ3v) is 5.43.